The molecule has 2 heterocycles. The van der Waals surface area contributed by atoms with E-state index in [2.05, 4.69) is 27.1 Å². The minimum Gasteiger partial charge on any atom is -0.393 e. The molecule has 2 fully saturated rings. The van der Waals surface area contributed by atoms with Gasteiger partial charge in [0.15, 0.2) is 0 Å². The molecule has 0 bridgehead atoms. The summed E-state index contributed by atoms with van der Waals surface area (Å²) in [4.78, 5) is 11.5. The first kappa shape index (κ1) is 13.8. The van der Waals surface area contributed by atoms with Crippen LogP contribution in [0.2, 0.25) is 0 Å². The third-order valence-corrected chi connectivity index (χ3v) is 4.52. The number of aromatic nitrogens is 2. The van der Waals surface area contributed by atoms with Crippen molar-refractivity contribution >= 4 is 5.82 Å². The summed E-state index contributed by atoms with van der Waals surface area (Å²) >= 11 is 0. The van der Waals surface area contributed by atoms with Gasteiger partial charge in [-0.1, -0.05) is 0 Å². The monoisotopic (exact) mass is 276 g/mol. The number of aliphatic hydroxyl groups is 1. The molecule has 1 aliphatic heterocycles. The van der Waals surface area contributed by atoms with Crippen molar-refractivity contribution in [2.75, 3.05) is 25.0 Å². The Morgan fingerprint density at radius 1 is 1.35 bits per heavy atom. The average Bonchev–Trinajstić information content (AvgIpc) is 2.92. The Kier molecular flexibility index (Phi) is 3.89. The largest absolute Gasteiger partial charge is 0.393 e. The number of nitrogens with one attached hydrogen (secondary N) is 1. The maximum absolute atomic E-state index is 9.97. The molecule has 3 unspecified atom stereocenters. The molecule has 1 aromatic rings. The highest BCUT2D eigenvalue weighted by Gasteiger charge is 2.41. The van der Waals surface area contributed by atoms with Crippen LogP contribution >= 0.6 is 0 Å². The molecule has 2 aliphatic rings. The summed E-state index contributed by atoms with van der Waals surface area (Å²) in [5.41, 5.74) is 1.00. The Hall–Kier alpha value is -1.20. The molecule has 1 saturated heterocycles. The van der Waals surface area contributed by atoms with Gasteiger partial charge in [0, 0.05) is 37.3 Å². The quantitative estimate of drug-likeness (QED) is 0.871. The Bertz CT molecular complexity index is 479. The molecule has 5 nitrogen and oxygen atoms in total. The van der Waals surface area contributed by atoms with Gasteiger partial charge in [-0.05, 0) is 32.6 Å². The third kappa shape index (κ3) is 2.79. The van der Waals surface area contributed by atoms with Crippen LogP contribution in [-0.2, 0) is 6.54 Å². The van der Waals surface area contributed by atoms with Gasteiger partial charge in [0.25, 0.3) is 0 Å². The summed E-state index contributed by atoms with van der Waals surface area (Å²) in [5.74, 6) is 2.93. The number of fused-ring (bicyclic) bond motifs is 1. The Labute approximate surface area is 120 Å². The van der Waals surface area contributed by atoms with Crippen LogP contribution in [0.3, 0.4) is 0 Å². The highest BCUT2D eigenvalue weighted by molar-refractivity contribution is 5.35. The second-order valence-electron chi connectivity index (χ2n) is 6.10. The molecule has 20 heavy (non-hydrogen) atoms. The maximum Gasteiger partial charge on any atom is 0.144 e. The molecule has 3 atom stereocenters. The van der Waals surface area contributed by atoms with Crippen LogP contribution in [0.15, 0.2) is 6.07 Å². The van der Waals surface area contributed by atoms with E-state index in [1.807, 2.05) is 13.0 Å². The van der Waals surface area contributed by atoms with Gasteiger partial charge in [0.05, 0.1) is 12.6 Å². The van der Waals surface area contributed by atoms with E-state index < -0.39 is 0 Å². The van der Waals surface area contributed by atoms with Crippen molar-refractivity contribution in [1.82, 2.24) is 14.9 Å². The highest BCUT2D eigenvalue weighted by Crippen LogP contribution is 2.38. The zero-order valence-corrected chi connectivity index (χ0v) is 12.3. The van der Waals surface area contributed by atoms with E-state index in [9.17, 15) is 5.11 Å². The number of aryl methyl sites for hydroxylation is 1. The summed E-state index contributed by atoms with van der Waals surface area (Å²) in [6, 6.07) is 1.98. The number of likely N-dealkylation sites (tertiary alicyclic amines) is 1. The lowest BCUT2D eigenvalue weighted by molar-refractivity contribution is 0.123. The fourth-order valence-electron chi connectivity index (χ4n) is 3.63. The van der Waals surface area contributed by atoms with E-state index in [-0.39, 0.29) is 6.10 Å². The molecule has 110 valence electrons. The van der Waals surface area contributed by atoms with Crippen LogP contribution in [0.5, 0.6) is 0 Å². The zero-order valence-electron chi connectivity index (χ0n) is 12.3. The lowest BCUT2D eigenvalue weighted by Gasteiger charge is -2.17. The standard InChI is InChI=1S/C15H24N4O/c1-3-16-14-6-10(2)17-15(18-14)9-19-7-11-4-5-13(20)12(11)8-19/h6,11-13,20H,3-5,7-9H2,1-2H3,(H,16,17,18). The van der Waals surface area contributed by atoms with Gasteiger partial charge in [-0.2, -0.15) is 0 Å². The van der Waals surface area contributed by atoms with Crippen LogP contribution in [0.1, 0.15) is 31.3 Å². The van der Waals surface area contributed by atoms with Gasteiger partial charge in [0.2, 0.25) is 0 Å². The molecule has 0 amide bonds. The van der Waals surface area contributed by atoms with E-state index in [0.717, 1.165) is 49.9 Å². The number of hydrogen-bond donors (Lipinski definition) is 2. The van der Waals surface area contributed by atoms with E-state index in [1.165, 1.54) is 6.42 Å². The average molecular weight is 276 g/mol. The van der Waals surface area contributed by atoms with Crippen molar-refractivity contribution in [2.45, 2.75) is 39.3 Å². The van der Waals surface area contributed by atoms with Gasteiger partial charge < -0.3 is 10.4 Å². The third-order valence-electron chi connectivity index (χ3n) is 4.52. The summed E-state index contributed by atoms with van der Waals surface area (Å²) < 4.78 is 0. The van der Waals surface area contributed by atoms with E-state index in [0.29, 0.717) is 11.8 Å². The number of hydrogen-bond acceptors (Lipinski definition) is 5. The first-order chi connectivity index (χ1) is 9.65. The van der Waals surface area contributed by atoms with Crippen LogP contribution in [-0.4, -0.2) is 45.7 Å². The van der Waals surface area contributed by atoms with E-state index >= 15 is 0 Å². The van der Waals surface area contributed by atoms with E-state index in [1.54, 1.807) is 0 Å². The summed E-state index contributed by atoms with van der Waals surface area (Å²) in [6.07, 6.45) is 2.05. The van der Waals surface area contributed by atoms with Gasteiger partial charge in [-0.3, -0.25) is 4.90 Å². The predicted molar refractivity (Wildman–Crippen MR) is 78.4 cm³/mol. The molecule has 1 saturated carbocycles. The SMILES string of the molecule is CCNc1cc(C)nc(CN2CC3CCC(O)C3C2)n1. The topological polar surface area (TPSA) is 61.3 Å². The highest BCUT2D eigenvalue weighted by atomic mass is 16.3. The molecule has 1 aliphatic carbocycles. The predicted octanol–water partition coefficient (Wildman–Crippen LogP) is 1.42. The Morgan fingerprint density at radius 3 is 2.95 bits per heavy atom. The lowest BCUT2D eigenvalue weighted by Crippen LogP contribution is -2.25. The summed E-state index contributed by atoms with van der Waals surface area (Å²) in [7, 11) is 0. The molecule has 3 rings (SSSR count). The van der Waals surface area contributed by atoms with Crippen molar-refractivity contribution < 1.29 is 5.11 Å². The maximum atomic E-state index is 9.97. The number of nitrogens with zero attached hydrogens (tertiary/aromatic N) is 3. The first-order valence-electron chi connectivity index (χ1n) is 7.64. The second-order valence-corrected chi connectivity index (χ2v) is 6.10. The van der Waals surface area contributed by atoms with Crippen LogP contribution in [0.25, 0.3) is 0 Å². The number of rotatable bonds is 4. The van der Waals surface area contributed by atoms with Crippen LogP contribution in [0, 0.1) is 18.8 Å². The minimum atomic E-state index is -0.0965. The van der Waals surface area contributed by atoms with Crippen molar-refractivity contribution in [3.8, 4) is 0 Å². The molecular weight excluding hydrogens is 252 g/mol. The fourth-order valence-corrected chi connectivity index (χ4v) is 3.63. The van der Waals surface area contributed by atoms with Gasteiger partial charge in [0.1, 0.15) is 11.6 Å². The van der Waals surface area contributed by atoms with Crippen molar-refractivity contribution in [3.63, 3.8) is 0 Å². The molecule has 5 heteroatoms. The van der Waals surface area contributed by atoms with Crippen molar-refractivity contribution in [1.29, 1.82) is 0 Å². The lowest BCUT2D eigenvalue weighted by atomic mass is 10.00. The molecule has 0 spiro atoms. The van der Waals surface area contributed by atoms with Crippen LogP contribution in [0.4, 0.5) is 5.82 Å². The van der Waals surface area contributed by atoms with Gasteiger partial charge >= 0.3 is 0 Å². The fraction of sp³-hybridized carbons (Fsp3) is 0.733. The van der Waals surface area contributed by atoms with Crippen molar-refractivity contribution in [2.24, 2.45) is 11.8 Å². The zero-order chi connectivity index (χ0) is 14.1. The smallest absolute Gasteiger partial charge is 0.144 e. The van der Waals surface area contributed by atoms with Gasteiger partial charge in [-0.25, -0.2) is 9.97 Å². The Morgan fingerprint density at radius 2 is 2.20 bits per heavy atom. The van der Waals surface area contributed by atoms with E-state index in [4.69, 9.17) is 0 Å². The molecular formula is C15H24N4O. The van der Waals surface area contributed by atoms with Gasteiger partial charge in [-0.15, -0.1) is 0 Å². The molecule has 0 aromatic carbocycles. The normalized spacial score (nSPS) is 29.6. The number of anilines is 1. The first-order valence-corrected chi connectivity index (χ1v) is 7.64. The summed E-state index contributed by atoms with van der Waals surface area (Å²) in [5, 5.41) is 13.2. The number of aliphatic hydroxyl groups excluding tert-OH is 1. The van der Waals surface area contributed by atoms with Crippen LogP contribution < -0.4 is 5.32 Å². The summed E-state index contributed by atoms with van der Waals surface area (Å²) in [6.45, 7) is 7.81. The second kappa shape index (κ2) is 5.66. The Balaban J connectivity index is 1.66. The molecule has 1 aromatic heterocycles. The minimum absolute atomic E-state index is 0.0965. The molecule has 2 N–H and O–H groups in total. The van der Waals surface area contributed by atoms with Crippen molar-refractivity contribution in [3.05, 3.63) is 17.6 Å². The molecule has 0 radical (unpaired) electrons.